The van der Waals surface area contributed by atoms with E-state index in [1.165, 1.54) is 7.11 Å². The normalized spacial score (nSPS) is 10.5. The number of methoxy groups -OCH3 is 3. The Morgan fingerprint density at radius 1 is 0.964 bits per heavy atom. The zero-order valence-corrected chi connectivity index (χ0v) is 16.0. The van der Waals surface area contributed by atoms with Crippen LogP contribution < -0.4 is 25.1 Å². The molecule has 1 heterocycles. The second-order valence-electron chi connectivity index (χ2n) is 6.19. The molecular formula is C21H22N2O5. The molecule has 3 aromatic rings. The van der Waals surface area contributed by atoms with Gasteiger partial charge in [0.1, 0.15) is 5.75 Å². The Kier molecular flexibility index (Phi) is 5.84. The molecule has 0 fully saturated rings. The average molecular weight is 382 g/mol. The van der Waals surface area contributed by atoms with Crippen molar-refractivity contribution in [1.82, 2.24) is 4.98 Å². The minimum atomic E-state index is -0.225. The summed E-state index contributed by atoms with van der Waals surface area (Å²) in [6.45, 7) is 0. The molecule has 0 aliphatic heterocycles. The first-order valence-electron chi connectivity index (χ1n) is 8.76. The summed E-state index contributed by atoms with van der Waals surface area (Å²) in [5.41, 5.74) is 1.63. The number of hydrogen-bond donors (Lipinski definition) is 2. The topological polar surface area (TPSA) is 89.7 Å². The number of H-pyrrole nitrogens is 1. The molecule has 0 radical (unpaired) electrons. The highest BCUT2D eigenvalue weighted by Gasteiger charge is 2.11. The van der Waals surface area contributed by atoms with Crippen molar-refractivity contribution in [2.75, 3.05) is 26.6 Å². The summed E-state index contributed by atoms with van der Waals surface area (Å²) in [6.07, 6.45) is 0.509. The second-order valence-corrected chi connectivity index (χ2v) is 6.19. The highest BCUT2D eigenvalue weighted by Crippen LogP contribution is 2.31. The van der Waals surface area contributed by atoms with Gasteiger partial charge >= 0.3 is 0 Å². The Morgan fingerprint density at radius 3 is 2.29 bits per heavy atom. The summed E-state index contributed by atoms with van der Waals surface area (Å²) in [4.78, 5) is 27.4. The van der Waals surface area contributed by atoms with E-state index in [1.54, 1.807) is 56.7 Å². The van der Waals surface area contributed by atoms with E-state index < -0.39 is 0 Å². The largest absolute Gasteiger partial charge is 0.497 e. The number of amides is 1. The molecular weight excluding hydrogens is 360 g/mol. The van der Waals surface area contributed by atoms with E-state index in [0.717, 1.165) is 5.39 Å². The number of nitrogens with one attached hydrogen (secondary N) is 2. The van der Waals surface area contributed by atoms with Crippen LogP contribution in [0, 0.1) is 0 Å². The molecule has 1 aromatic heterocycles. The third-order valence-corrected chi connectivity index (χ3v) is 4.42. The summed E-state index contributed by atoms with van der Waals surface area (Å²) in [5.74, 6) is 1.66. The van der Waals surface area contributed by atoms with Crippen molar-refractivity contribution in [2.24, 2.45) is 0 Å². The van der Waals surface area contributed by atoms with Gasteiger partial charge in [-0.3, -0.25) is 9.59 Å². The van der Waals surface area contributed by atoms with Crippen molar-refractivity contribution in [1.29, 1.82) is 0 Å². The van der Waals surface area contributed by atoms with Crippen LogP contribution in [-0.2, 0) is 11.2 Å². The standard InChI is InChI=1S/C21H22N2O5/c1-26-16-7-5-15(6-8-16)22-20(24)9-4-13-10-14-11-18(27-2)19(28-3)12-17(14)23-21(13)25/h5-8,10-12H,4,9H2,1-3H3,(H,22,24)(H,23,25). The number of aryl methyl sites for hydroxylation is 1. The van der Waals surface area contributed by atoms with Crippen LogP contribution in [0.25, 0.3) is 10.9 Å². The van der Waals surface area contributed by atoms with Crippen molar-refractivity contribution in [3.05, 3.63) is 58.4 Å². The smallest absolute Gasteiger partial charge is 0.251 e. The van der Waals surface area contributed by atoms with E-state index in [0.29, 0.717) is 40.4 Å². The van der Waals surface area contributed by atoms with E-state index in [-0.39, 0.29) is 17.9 Å². The molecule has 0 aliphatic rings. The highest BCUT2D eigenvalue weighted by molar-refractivity contribution is 5.91. The van der Waals surface area contributed by atoms with Gasteiger partial charge in [-0.05, 0) is 42.8 Å². The van der Waals surface area contributed by atoms with Gasteiger partial charge in [0.25, 0.3) is 5.56 Å². The fourth-order valence-corrected chi connectivity index (χ4v) is 2.91. The number of aromatic amines is 1. The van der Waals surface area contributed by atoms with E-state index in [1.807, 2.05) is 0 Å². The Balaban J connectivity index is 1.73. The van der Waals surface area contributed by atoms with Crippen LogP contribution >= 0.6 is 0 Å². The molecule has 2 aromatic carbocycles. The molecule has 0 spiro atoms. The SMILES string of the molecule is COc1ccc(NC(=O)CCc2cc3cc(OC)c(OC)cc3[nH]c2=O)cc1. The van der Waals surface area contributed by atoms with Gasteiger partial charge < -0.3 is 24.5 Å². The number of pyridine rings is 1. The van der Waals surface area contributed by atoms with Crippen LogP contribution in [0.2, 0.25) is 0 Å². The summed E-state index contributed by atoms with van der Waals surface area (Å²) in [5, 5.41) is 3.62. The van der Waals surface area contributed by atoms with Crippen molar-refractivity contribution in [3.8, 4) is 17.2 Å². The molecule has 0 aliphatic carbocycles. The molecule has 0 saturated carbocycles. The maximum atomic E-state index is 12.4. The predicted octanol–water partition coefficient (Wildman–Crippen LogP) is 3.13. The fourth-order valence-electron chi connectivity index (χ4n) is 2.91. The second kappa shape index (κ2) is 8.47. The minimum Gasteiger partial charge on any atom is -0.497 e. The highest BCUT2D eigenvalue weighted by atomic mass is 16.5. The minimum absolute atomic E-state index is 0.169. The molecule has 2 N–H and O–H groups in total. The lowest BCUT2D eigenvalue weighted by Gasteiger charge is -2.10. The molecule has 146 valence electrons. The van der Waals surface area contributed by atoms with Crippen molar-refractivity contribution >= 4 is 22.5 Å². The van der Waals surface area contributed by atoms with Crippen LogP contribution in [0.4, 0.5) is 5.69 Å². The number of carbonyl (C=O) groups is 1. The lowest BCUT2D eigenvalue weighted by Crippen LogP contribution is -2.17. The molecule has 1 amide bonds. The van der Waals surface area contributed by atoms with E-state index in [9.17, 15) is 9.59 Å². The van der Waals surface area contributed by atoms with Gasteiger partial charge in [-0.1, -0.05) is 0 Å². The first kappa shape index (κ1) is 19.3. The summed E-state index contributed by atoms with van der Waals surface area (Å²) >= 11 is 0. The quantitative estimate of drug-likeness (QED) is 0.655. The number of ether oxygens (including phenoxy) is 3. The lowest BCUT2D eigenvalue weighted by atomic mass is 10.1. The number of carbonyl (C=O) groups excluding carboxylic acids is 1. The molecule has 3 rings (SSSR count). The molecule has 7 nitrogen and oxygen atoms in total. The van der Waals surface area contributed by atoms with Gasteiger partial charge in [-0.25, -0.2) is 0 Å². The number of aromatic nitrogens is 1. The van der Waals surface area contributed by atoms with Crippen molar-refractivity contribution in [3.63, 3.8) is 0 Å². The molecule has 0 unspecified atom stereocenters. The van der Waals surface area contributed by atoms with Crippen LogP contribution in [0.1, 0.15) is 12.0 Å². The molecule has 28 heavy (non-hydrogen) atoms. The zero-order chi connectivity index (χ0) is 20.1. The van der Waals surface area contributed by atoms with Gasteiger partial charge in [-0.2, -0.15) is 0 Å². The Morgan fingerprint density at radius 2 is 1.64 bits per heavy atom. The van der Waals surface area contributed by atoms with Crippen LogP contribution in [0.5, 0.6) is 17.2 Å². The first-order chi connectivity index (χ1) is 13.5. The van der Waals surface area contributed by atoms with E-state index in [4.69, 9.17) is 14.2 Å². The lowest BCUT2D eigenvalue weighted by molar-refractivity contribution is -0.116. The Hall–Kier alpha value is -3.48. The maximum absolute atomic E-state index is 12.4. The van der Waals surface area contributed by atoms with Gasteiger partial charge in [0.15, 0.2) is 11.5 Å². The molecule has 7 heteroatoms. The maximum Gasteiger partial charge on any atom is 0.251 e. The number of fused-ring (bicyclic) bond motifs is 1. The number of rotatable bonds is 7. The predicted molar refractivity (Wildman–Crippen MR) is 108 cm³/mol. The van der Waals surface area contributed by atoms with Crippen molar-refractivity contribution < 1.29 is 19.0 Å². The van der Waals surface area contributed by atoms with Crippen LogP contribution in [-0.4, -0.2) is 32.2 Å². The number of hydrogen-bond acceptors (Lipinski definition) is 5. The number of anilines is 1. The fraction of sp³-hybridized carbons (Fsp3) is 0.238. The molecule has 0 atom stereocenters. The summed E-state index contributed by atoms with van der Waals surface area (Å²) in [6, 6.07) is 12.4. The van der Waals surface area contributed by atoms with Gasteiger partial charge in [0.05, 0.1) is 26.8 Å². The zero-order valence-electron chi connectivity index (χ0n) is 16.0. The van der Waals surface area contributed by atoms with Crippen LogP contribution in [0.15, 0.2) is 47.3 Å². The van der Waals surface area contributed by atoms with E-state index in [2.05, 4.69) is 10.3 Å². The van der Waals surface area contributed by atoms with Gasteiger partial charge in [-0.15, -0.1) is 0 Å². The third-order valence-electron chi connectivity index (χ3n) is 4.42. The number of benzene rings is 2. The molecule has 0 saturated heterocycles. The van der Waals surface area contributed by atoms with Gasteiger partial charge in [0.2, 0.25) is 5.91 Å². The van der Waals surface area contributed by atoms with Gasteiger partial charge in [0, 0.05) is 29.1 Å². The monoisotopic (exact) mass is 382 g/mol. The summed E-state index contributed by atoms with van der Waals surface area (Å²) < 4.78 is 15.7. The third kappa shape index (κ3) is 4.25. The van der Waals surface area contributed by atoms with E-state index >= 15 is 0 Å². The Bertz CT molecular complexity index is 1040. The first-order valence-corrected chi connectivity index (χ1v) is 8.76. The average Bonchev–Trinajstić information content (AvgIpc) is 2.71. The molecule has 0 bridgehead atoms. The summed E-state index contributed by atoms with van der Waals surface area (Å²) in [7, 11) is 4.68. The Labute approximate surface area is 162 Å². The van der Waals surface area contributed by atoms with Crippen molar-refractivity contribution in [2.45, 2.75) is 12.8 Å². The van der Waals surface area contributed by atoms with Crippen LogP contribution in [0.3, 0.4) is 0 Å².